The molecule has 1 fully saturated rings. The minimum absolute atomic E-state index is 0.119. The summed E-state index contributed by atoms with van der Waals surface area (Å²) in [6, 6.07) is 12.1. The highest BCUT2D eigenvalue weighted by Gasteiger charge is 2.25. The fourth-order valence-corrected chi connectivity index (χ4v) is 2.45. The average molecular weight is 341 g/mol. The highest BCUT2D eigenvalue weighted by Crippen LogP contribution is 2.27. The van der Waals surface area contributed by atoms with Crippen LogP contribution in [0.3, 0.4) is 0 Å². The molecule has 1 aliphatic rings. The van der Waals surface area contributed by atoms with Crippen molar-refractivity contribution in [3.05, 3.63) is 63.7 Å². The second kappa shape index (κ2) is 7.21. The van der Waals surface area contributed by atoms with Gasteiger partial charge in [0.25, 0.3) is 11.6 Å². The number of carbonyl (C=O) groups excluding carboxylic acids is 1. The Labute approximate surface area is 145 Å². The number of rotatable bonds is 7. The Morgan fingerprint density at radius 3 is 2.76 bits per heavy atom. The summed E-state index contributed by atoms with van der Waals surface area (Å²) >= 11 is 0. The number of ether oxygens (including phenoxy) is 1. The SMILES string of the molecule is COc1cccc(CNc2ccc(C(=O)NC3CC3)cc2[N+](=O)[O-])c1. The van der Waals surface area contributed by atoms with E-state index in [0.717, 1.165) is 24.2 Å². The normalized spacial score (nSPS) is 13.2. The number of methoxy groups -OCH3 is 1. The minimum atomic E-state index is -0.484. The van der Waals surface area contributed by atoms with Gasteiger partial charge in [-0.15, -0.1) is 0 Å². The molecule has 0 unspecified atom stereocenters. The number of amides is 1. The first-order valence-corrected chi connectivity index (χ1v) is 8.03. The summed E-state index contributed by atoms with van der Waals surface area (Å²) in [5.41, 5.74) is 1.48. The second-order valence-corrected chi connectivity index (χ2v) is 5.94. The van der Waals surface area contributed by atoms with E-state index < -0.39 is 4.92 Å². The van der Waals surface area contributed by atoms with Crippen molar-refractivity contribution in [1.82, 2.24) is 5.32 Å². The van der Waals surface area contributed by atoms with Gasteiger partial charge in [-0.2, -0.15) is 0 Å². The number of hydrogen-bond acceptors (Lipinski definition) is 5. The van der Waals surface area contributed by atoms with E-state index in [9.17, 15) is 14.9 Å². The topological polar surface area (TPSA) is 93.5 Å². The zero-order valence-corrected chi connectivity index (χ0v) is 13.8. The number of hydrogen-bond donors (Lipinski definition) is 2. The lowest BCUT2D eigenvalue weighted by atomic mass is 10.1. The van der Waals surface area contributed by atoms with Gasteiger partial charge in [0.15, 0.2) is 0 Å². The van der Waals surface area contributed by atoms with Crippen LogP contribution in [0.4, 0.5) is 11.4 Å². The van der Waals surface area contributed by atoms with Gasteiger partial charge in [0.05, 0.1) is 12.0 Å². The molecule has 1 saturated carbocycles. The van der Waals surface area contributed by atoms with Crippen LogP contribution in [0.2, 0.25) is 0 Å². The molecule has 7 nitrogen and oxygen atoms in total. The molecule has 0 atom stereocenters. The highest BCUT2D eigenvalue weighted by atomic mass is 16.6. The largest absolute Gasteiger partial charge is 0.497 e. The molecular weight excluding hydrogens is 322 g/mol. The summed E-state index contributed by atoms with van der Waals surface area (Å²) in [4.78, 5) is 22.9. The van der Waals surface area contributed by atoms with Crippen molar-refractivity contribution in [1.29, 1.82) is 0 Å². The lowest BCUT2D eigenvalue weighted by Crippen LogP contribution is -2.25. The Morgan fingerprint density at radius 2 is 2.08 bits per heavy atom. The molecule has 0 aromatic heterocycles. The molecule has 1 amide bonds. The number of nitro groups is 1. The molecule has 0 radical (unpaired) electrons. The predicted molar refractivity (Wildman–Crippen MR) is 93.9 cm³/mol. The van der Waals surface area contributed by atoms with Crippen LogP contribution in [0.25, 0.3) is 0 Å². The first-order valence-electron chi connectivity index (χ1n) is 8.03. The third-order valence-electron chi connectivity index (χ3n) is 3.99. The maximum Gasteiger partial charge on any atom is 0.293 e. The first kappa shape index (κ1) is 16.8. The minimum Gasteiger partial charge on any atom is -0.497 e. The first-order chi connectivity index (χ1) is 12.1. The Morgan fingerprint density at radius 1 is 1.28 bits per heavy atom. The fourth-order valence-electron chi connectivity index (χ4n) is 2.45. The summed E-state index contributed by atoms with van der Waals surface area (Å²) in [5.74, 6) is 0.450. The Balaban J connectivity index is 1.75. The van der Waals surface area contributed by atoms with E-state index in [0.29, 0.717) is 17.8 Å². The van der Waals surface area contributed by atoms with Crippen molar-refractivity contribution in [3.63, 3.8) is 0 Å². The maximum absolute atomic E-state index is 12.1. The summed E-state index contributed by atoms with van der Waals surface area (Å²) in [7, 11) is 1.59. The second-order valence-electron chi connectivity index (χ2n) is 5.94. The van der Waals surface area contributed by atoms with Crippen molar-refractivity contribution >= 4 is 17.3 Å². The number of nitro benzene ring substituents is 1. The van der Waals surface area contributed by atoms with Crippen molar-refractivity contribution in [2.75, 3.05) is 12.4 Å². The number of benzene rings is 2. The fraction of sp³-hybridized carbons (Fsp3) is 0.278. The van der Waals surface area contributed by atoms with Gasteiger partial charge in [-0.1, -0.05) is 12.1 Å². The highest BCUT2D eigenvalue weighted by molar-refractivity contribution is 5.96. The van der Waals surface area contributed by atoms with Gasteiger partial charge in [-0.25, -0.2) is 0 Å². The van der Waals surface area contributed by atoms with Crippen LogP contribution in [0.15, 0.2) is 42.5 Å². The van der Waals surface area contributed by atoms with Gasteiger partial charge >= 0.3 is 0 Å². The monoisotopic (exact) mass is 341 g/mol. The molecule has 0 aliphatic heterocycles. The van der Waals surface area contributed by atoms with Crippen LogP contribution < -0.4 is 15.4 Å². The quantitative estimate of drug-likeness (QED) is 0.596. The van der Waals surface area contributed by atoms with Gasteiger partial charge in [0, 0.05) is 24.2 Å². The lowest BCUT2D eigenvalue weighted by molar-refractivity contribution is -0.384. The average Bonchev–Trinajstić information content (AvgIpc) is 3.43. The summed E-state index contributed by atoms with van der Waals surface area (Å²) < 4.78 is 5.17. The Hall–Kier alpha value is -3.09. The molecule has 25 heavy (non-hydrogen) atoms. The van der Waals surface area contributed by atoms with Crippen molar-refractivity contribution < 1.29 is 14.5 Å². The number of carbonyl (C=O) groups is 1. The zero-order chi connectivity index (χ0) is 17.8. The van der Waals surface area contributed by atoms with Gasteiger partial charge < -0.3 is 15.4 Å². The van der Waals surface area contributed by atoms with Crippen LogP contribution >= 0.6 is 0 Å². The van der Waals surface area contributed by atoms with Crippen LogP contribution in [0.5, 0.6) is 5.75 Å². The third-order valence-corrected chi connectivity index (χ3v) is 3.99. The molecule has 2 N–H and O–H groups in total. The van der Waals surface area contributed by atoms with Crippen molar-refractivity contribution in [3.8, 4) is 5.75 Å². The van der Waals surface area contributed by atoms with E-state index in [-0.39, 0.29) is 17.6 Å². The van der Waals surface area contributed by atoms with E-state index in [1.807, 2.05) is 24.3 Å². The summed E-state index contributed by atoms with van der Waals surface area (Å²) in [6.07, 6.45) is 1.93. The number of anilines is 1. The molecule has 7 heteroatoms. The van der Waals surface area contributed by atoms with E-state index in [2.05, 4.69) is 10.6 Å². The molecule has 0 spiro atoms. The smallest absolute Gasteiger partial charge is 0.293 e. The molecule has 2 aromatic carbocycles. The standard InChI is InChI=1S/C18H19N3O4/c1-25-15-4-2-3-12(9-15)11-19-16-8-5-13(10-17(16)21(23)24)18(22)20-14-6-7-14/h2-5,8-10,14,19H,6-7,11H2,1H3,(H,20,22). The molecule has 0 saturated heterocycles. The van der Waals surface area contributed by atoms with Crippen LogP contribution in [-0.2, 0) is 6.54 Å². The van der Waals surface area contributed by atoms with Gasteiger partial charge in [0.1, 0.15) is 11.4 Å². The van der Waals surface area contributed by atoms with Crippen molar-refractivity contribution in [2.24, 2.45) is 0 Å². The van der Waals surface area contributed by atoms with Crippen molar-refractivity contribution in [2.45, 2.75) is 25.4 Å². The number of nitrogens with one attached hydrogen (secondary N) is 2. The van der Waals surface area contributed by atoms with Gasteiger partial charge in [0.2, 0.25) is 0 Å². The van der Waals surface area contributed by atoms with Gasteiger partial charge in [-0.05, 0) is 42.7 Å². The maximum atomic E-state index is 12.1. The third kappa shape index (κ3) is 4.26. The predicted octanol–water partition coefficient (Wildman–Crippen LogP) is 3.11. The molecule has 0 bridgehead atoms. The Kier molecular flexibility index (Phi) is 4.83. The molecule has 2 aromatic rings. The molecule has 0 heterocycles. The number of nitrogens with zero attached hydrogens (tertiary/aromatic N) is 1. The van der Waals surface area contributed by atoms with Gasteiger partial charge in [-0.3, -0.25) is 14.9 Å². The lowest BCUT2D eigenvalue weighted by Gasteiger charge is -2.10. The Bertz CT molecular complexity index is 803. The molecular formula is C18H19N3O4. The van der Waals surface area contributed by atoms with E-state index in [1.54, 1.807) is 19.2 Å². The van der Waals surface area contributed by atoms with E-state index >= 15 is 0 Å². The molecule has 130 valence electrons. The van der Waals surface area contributed by atoms with E-state index in [4.69, 9.17) is 4.74 Å². The molecule has 1 aliphatic carbocycles. The van der Waals surface area contributed by atoms with Crippen LogP contribution in [0.1, 0.15) is 28.8 Å². The van der Waals surface area contributed by atoms with Crippen LogP contribution in [0, 0.1) is 10.1 Å². The summed E-state index contributed by atoms with van der Waals surface area (Å²) in [6.45, 7) is 0.408. The van der Waals surface area contributed by atoms with E-state index in [1.165, 1.54) is 6.07 Å². The summed E-state index contributed by atoms with van der Waals surface area (Å²) in [5, 5.41) is 17.2. The zero-order valence-electron chi connectivity index (χ0n) is 13.8. The van der Waals surface area contributed by atoms with Crippen LogP contribution in [-0.4, -0.2) is 24.0 Å². The molecule has 3 rings (SSSR count).